The Labute approximate surface area is 141 Å². The summed E-state index contributed by atoms with van der Waals surface area (Å²) < 4.78 is 2.02. The van der Waals surface area contributed by atoms with Crippen LogP contribution in [0.1, 0.15) is 31.0 Å². The third-order valence-electron chi connectivity index (χ3n) is 5.14. The molecule has 6 nitrogen and oxygen atoms in total. The molecule has 3 heterocycles. The topological polar surface area (TPSA) is 58.4 Å². The van der Waals surface area contributed by atoms with Crippen LogP contribution in [-0.2, 0) is 16.1 Å². The minimum absolute atomic E-state index is 0.0567. The van der Waals surface area contributed by atoms with Gasteiger partial charge in [0.05, 0.1) is 11.0 Å². The second kappa shape index (κ2) is 5.92. The van der Waals surface area contributed by atoms with E-state index in [1.807, 2.05) is 40.8 Å². The van der Waals surface area contributed by atoms with E-state index in [9.17, 15) is 9.59 Å². The highest BCUT2D eigenvalue weighted by Crippen LogP contribution is 2.29. The minimum atomic E-state index is 0.0567. The third-order valence-corrected chi connectivity index (χ3v) is 5.14. The first-order chi connectivity index (χ1) is 11.6. The molecule has 1 unspecified atom stereocenters. The summed E-state index contributed by atoms with van der Waals surface area (Å²) in [4.78, 5) is 33.0. The lowest BCUT2D eigenvalue weighted by molar-refractivity contribution is -0.130. The maximum absolute atomic E-state index is 12.7. The number of likely N-dealkylation sites (tertiary alicyclic amines) is 2. The number of nitrogens with zero attached hydrogens (tertiary/aromatic N) is 4. The number of hydrogen-bond acceptors (Lipinski definition) is 3. The number of amides is 2. The van der Waals surface area contributed by atoms with E-state index in [1.54, 1.807) is 4.90 Å². The van der Waals surface area contributed by atoms with Gasteiger partial charge in [0.1, 0.15) is 12.4 Å². The molecule has 0 bridgehead atoms. The summed E-state index contributed by atoms with van der Waals surface area (Å²) in [7, 11) is 1.82. The number of carbonyl (C=O) groups excluding carboxylic acids is 2. The average Bonchev–Trinajstić information content (AvgIpc) is 3.28. The molecule has 126 valence electrons. The van der Waals surface area contributed by atoms with Gasteiger partial charge < -0.3 is 14.4 Å². The zero-order valence-corrected chi connectivity index (χ0v) is 13.9. The van der Waals surface area contributed by atoms with Crippen LogP contribution in [0.2, 0.25) is 0 Å². The van der Waals surface area contributed by atoms with Crippen molar-refractivity contribution in [3.8, 4) is 0 Å². The van der Waals surface area contributed by atoms with Gasteiger partial charge in [-0.1, -0.05) is 12.1 Å². The summed E-state index contributed by atoms with van der Waals surface area (Å²) in [6.45, 7) is 2.68. The van der Waals surface area contributed by atoms with Gasteiger partial charge in [0.25, 0.3) is 0 Å². The molecule has 1 aromatic heterocycles. The van der Waals surface area contributed by atoms with E-state index in [1.165, 1.54) is 0 Å². The lowest BCUT2D eigenvalue weighted by atomic mass is 10.1. The zero-order valence-electron chi connectivity index (χ0n) is 13.9. The first kappa shape index (κ1) is 15.2. The molecule has 2 amide bonds. The Morgan fingerprint density at radius 2 is 2.00 bits per heavy atom. The van der Waals surface area contributed by atoms with Gasteiger partial charge in [-0.05, 0) is 25.0 Å². The highest BCUT2D eigenvalue weighted by molar-refractivity contribution is 5.83. The van der Waals surface area contributed by atoms with Gasteiger partial charge in [0.2, 0.25) is 11.8 Å². The first-order valence-corrected chi connectivity index (χ1v) is 8.60. The van der Waals surface area contributed by atoms with Crippen LogP contribution in [-0.4, -0.2) is 57.8 Å². The Morgan fingerprint density at radius 1 is 1.25 bits per heavy atom. The largest absolute Gasteiger partial charge is 0.345 e. The predicted molar refractivity (Wildman–Crippen MR) is 90.5 cm³/mol. The van der Waals surface area contributed by atoms with Gasteiger partial charge in [-0.15, -0.1) is 0 Å². The van der Waals surface area contributed by atoms with Crippen molar-refractivity contribution in [3.63, 3.8) is 0 Å². The van der Waals surface area contributed by atoms with E-state index in [2.05, 4.69) is 0 Å². The molecule has 0 saturated carbocycles. The van der Waals surface area contributed by atoms with E-state index in [0.29, 0.717) is 19.5 Å². The fraction of sp³-hybridized carbons (Fsp3) is 0.500. The molecular formula is C18H22N4O2. The van der Waals surface area contributed by atoms with Crippen LogP contribution >= 0.6 is 0 Å². The van der Waals surface area contributed by atoms with E-state index >= 15 is 0 Å². The molecule has 2 saturated heterocycles. The van der Waals surface area contributed by atoms with Gasteiger partial charge in [0, 0.05) is 39.0 Å². The zero-order chi connectivity index (χ0) is 16.7. The number of hydrogen-bond donors (Lipinski definition) is 0. The van der Waals surface area contributed by atoms with E-state index in [4.69, 9.17) is 4.98 Å². The number of likely N-dealkylation sites (N-methyl/N-ethyl adjacent to an activating group) is 1. The lowest BCUT2D eigenvalue weighted by Gasteiger charge is -2.18. The van der Waals surface area contributed by atoms with E-state index in [-0.39, 0.29) is 17.7 Å². The number of carbonyl (C=O) groups is 2. The van der Waals surface area contributed by atoms with E-state index in [0.717, 1.165) is 42.8 Å². The molecule has 0 radical (unpaired) electrons. The second-order valence-electron chi connectivity index (χ2n) is 6.81. The maximum Gasteiger partial charge on any atom is 0.242 e. The van der Waals surface area contributed by atoms with Crippen molar-refractivity contribution in [2.75, 3.05) is 26.7 Å². The van der Waals surface area contributed by atoms with Gasteiger partial charge >= 0.3 is 0 Å². The Balaban J connectivity index is 1.70. The number of imidazole rings is 1. The molecule has 1 atom stereocenters. The van der Waals surface area contributed by atoms with Crippen molar-refractivity contribution in [2.24, 2.45) is 0 Å². The van der Waals surface area contributed by atoms with E-state index < -0.39 is 0 Å². The van der Waals surface area contributed by atoms with Gasteiger partial charge in [-0.2, -0.15) is 0 Å². The van der Waals surface area contributed by atoms with Crippen LogP contribution in [0.4, 0.5) is 0 Å². The number of fused-ring (bicyclic) bond motifs is 1. The second-order valence-corrected chi connectivity index (χ2v) is 6.81. The van der Waals surface area contributed by atoms with Crippen LogP contribution in [0, 0.1) is 0 Å². The summed E-state index contributed by atoms with van der Waals surface area (Å²) in [5, 5.41) is 0. The van der Waals surface area contributed by atoms with Gasteiger partial charge in [0.15, 0.2) is 0 Å². The summed E-state index contributed by atoms with van der Waals surface area (Å²) in [5.74, 6) is 1.21. The fourth-order valence-electron chi connectivity index (χ4n) is 3.81. The standard InChI is InChI=1S/C18H22N4O2/c1-20-11-13(10-16(20)23)18-19-14-6-2-3-7-15(14)22(18)12-17(24)21-8-4-5-9-21/h2-3,6-7,13H,4-5,8-12H2,1H3. The normalized spacial score (nSPS) is 21.2. The van der Waals surface area contributed by atoms with Crippen molar-refractivity contribution in [1.29, 1.82) is 0 Å². The van der Waals surface area contributed by atoms with Crippen molar-refractivity contribution in [1.82, 2.24) is 19.4 Å². The SMILES string of the molecule is CN1CC(c2nc3ccccc3n2CC(=O)N2CCCC2)CC1=O. The van der Waals surface area contributed by atoms with Gasteiger partial charge in [-0.25, -0.2) is 4.98 Å². The Bertz CT molecular complexity index is 791. The van der Waals surface area contributed by atoms with Crippen molar-refractivity contribution >= 4 is 22.8 Å². The van der Waals surface area contributed by atoms with Crippen LogP contribution in [0.15, 0.2) is 24.3 Å². The molecule has 24 heavy (non-hydrogen) atoms. The first-order valence-electron chi connectivity index (χ1n) is 8.60. The Hall–Kier alpha value is -2.37. The molecule has 4 rings (SSSR count). The summed E-state index contributed by atoms with van der Waals surface area (Å²) in [5.41, 5.74) is 1.87. The summed E-state index contributed by atoms with van der Waals surface area (Å²) in [6.07, 6.45) is 2.65. The van der Waals surface area contributed by atoms with Crippen LogP contribution in [0.25, 0.3) is 11.0 Å². The molecule has 2 aliphatic rings. The molecule has 2 aromatic rings. The Kier molecular flexibility index (Phi) is 3.75. The smallest absolute Gasteiger partial charge is 0.242 e. The van der Waals surface area contributed by atoms with Gasteiger partial charge in [-0.3, -0.25) is 9.59 Å². The third kappa shape index (κ3) is 2.56. The Morgan fingerprint density at radius 3 is 2.71 bits per heavy atom. The average molecular weight is 326 g/mol. The van der Waals surface area contributed by atoms with Crippen LogP contribution in [0.5, 0.6) is 0 Å². The molecule has 0 N–H and O–H groups in total. The quantitative estimate of drug-likeness (QED) is 0.861. The highest BCUT2D eigenvalue weighted by Gasteiger charge is 2.32. The summed E-state index contributed by atoms with van der Waals surface area (Å²) in [6, 6.07) is 7.90. The highest BCUT2D eigenvalue weighted by atomic mass is 16.2. The predicted octanol–water partition coefficient (Wildman–Crippen LogP) is 1.60. The molecule has 2 aliphatic heterocycles. The summed E-state index contributed by atoms with van der Waals surface area (Å²) >= 11 is 0. The van der Waals surface area contributed by atoms with Crippen LogP contribution < -0.4 is 0 Å². The number of rotatable bonds is 3. The molecule has 1 aromatic carbocycles. The van der Waals surface area contributed by atoms with Crippen molar-refractivity contribution in [3.05, 3.63) is 30.1 Å². The molecular weight excluding hydrogens is 304 g/mol. The fourth-order valence-corrected chi connectivity index (χ4v) is 3.81. The van der Waals surface area contributed by atoms with Crippen molar-refractivity contribution in [2.45, 2.75) is 31.7 Å². The maximum atomic E-state index is 12.7. The molecule has 2 fully saturated rings. The number of benzene rings is 1. The number of aromatic nitrogens is 2. The molecule has 6 heteroatoms. The lowest BCUT2D eigenvalue weighted by Crippen LogP contribution is -2.31. The van der Waals surface area contributed by atoms with Crippen molar-refractivity contribution < 1.29 is 9.59 Å². The number of para-hydroxylation sites is 2. The molecule has 0 spiro atoms. The van der Waals surface area contributed by atoms with Crippen LogP contribution in [0.3, 0.4) is 0 Å². The molecule has 0 aliphatic carbocycles. The minimum Gasteiger partial charge on any atom is -0.345 e. The monoisotopic (exact) mass is 326 g/mol.